The van der Waals surface area contributed by atoms with E-state index in [0.29, 0.717) is 0 Å². The van der Waals surface area contributed by atoms with Crippen molar-refractivity contribution >= 4 is 45.6 Å². The molecule has 2 rings (SSSR count). The highest BCUT2D eigenvalue weighted by Crippen LogP contribution is 2.24. The van der Waals surface area contributed by atoms with Crippen molar-refractivity contribution in [1.29, 1.82) is 0 Å². The number of guanidine groups is 1. The van der Waals surface area contributed by atoms with Crippen LogP contribution in [-0.2, 0) is 22.9 Å². The number of anilines is 1. The smallest absolute Gasteiger partial charge is 0.209 e. The van der Waals surface area contributed by atoms with Crippen molar-refractivity contribution in [2.45, 2.75) is 38.6 Å². The van der Waals surface area contributed by atoms with Gasteiger partial charge in [0.1, 0.15) is 0 Å². The predicted molar refractivity (Wildman–Crippen MR) is 106 cm³/mol. The number of sulfonamides is 1. The second kappa shape index (κ2) is 7.80. The van der Waals surface area contributed by atoms with Crippen LogP contribution in [0, 0.1) is 0 Å². The lowest BCUT2D eigenvalue weighted by Gasteiger charge is -2.22. The summed E-state index contributed by atoms with van der Waals surface area (Å²) in [6.45, 7) is 3.78. The molecule has 0 fully saturated rings. The normalized spacial score (nSPS) is 15.0. The molecule has 0 aromatic heterocycles. The maximum absolute atomic E-state index is 11.3. The van der Waals surface area contributed by atoms with Gasteiger partial charge in [-0.1, -0.05) is 6.07 Å². The Hall–Kier alpha value is -0.870. The van der Waals surface area contributed by atoms with Gasteiger partial charge in [0, 0.05) is 11.2 Å². The minimum Gasteiger partial charge on any atom is -0.370 e. The second-order valence-electron chi connectivity index (χ2n) is 6.42. The van der Waals surface area contributed by atoms with Crippen molar-refractivity contribution in [2.24, 2.45) is 10.7 Å². The number of nitrogens with zero attached hydrogens (tertiary/aromatic N) is 1. The number of aliphatic imine (C=N–C) groups is 1. The Morgan fingerprint density at radius 1 is 1.30 bits per heavy atom. The first-order chi connectivity index (χ1) is 10.1. The molecule has 0 amide bonds. The molecular formula is C15H25IN4O2S. The zero-order chi connectivity index (χ0) is 16.4. The molecule has 0 atom stereocenters. The lowest BCUT2D eigenvalue weighted by molar-refractivity contribution is 0.466. The van der Waals surface area contributed by atoms with Crippen molar-refractivity contribution in [1.82, 2.24) is 4.72 Å². The van der Waals surface area contributed by atoms with Crippen LogP contribution in [0.15, 0.2) is 23.2 Å². The van der Waals surface area contributed by atoms with Gasteiger partial charge in [-0.15, -0.1) is 24.0 Å². The van der Waals surface area contributed by atoms with Gasteiger partial charge >= 0.3 is 0 Å². The Labute approximate surface area is 155 Å². The Morgan fingerprint density at radius 3 is 2.61 bits per heavy atom. The van der Waals surface area contributed by atoms with E-state index in [2.05, 4.69) is 27.2 Å². The molecule has 0 aliphatic heterocycles. The van der Waals surface area contributed by atoms with Crippen molar-refractivity contribution in [3.05, 3.63) is 29.3 Å². The van der Waals surface area contributed by atoms with Gasteiger partial charge in [-0.25, -0.2) is 13.1 Å². The summed E-state index contributed by atoms with van der Waals surface area (Å²) < 4.78 is 25.1. The molecule has 0 bridgehead atoms. The molecule has 6 nitrogen and oxygen atoms in total. The number of hydrogen-bond donors (Lipinski definition) is 3. The number of rotatable bonds is 5. The number of nitrogens with one attached hydrogen (secondary N) is 2. The summed E-state index contributed by atoms with van der Waals surface area (Å²) >= 11 is 0. The fraction of sp³-hybridized carbons (Fsp3) is 0.533. The zero-order valence-electron chi connectivity index (χ0n) is 13.7. The van der Waals surface area contributed by atoms with Crippen molar-refractivity contribution < 1.29 is 8.42 Å². The summed E-state index contributed by atoms with van der Waals surface area (Å²) in [5.41, 5.74) is 8.87. The SMILES string of the molecule is CC(C)(CN=C(N)Nc1ccc2c(c1)CCC2)NS(C)(=O)=O.I. The van der Waals surface area contributed by atoms with Crippen LogP contribution in [0.4, 0.5) is 5.69 Å². The molecule has 1 aromatic rings. The van der Waals surface area contributed by atoms with Gasteiger partial charge in [-0.05, 0) is 56.4 Å². The Morgan fingerprint density at radius 2 is 1.96 bits per heavy atom. The summed E-state index contributed by atoms with van der Waals surface area (Å²) in [6, 6.07) is 6.21. The highest BCUT2D eigenvalue weighted by Gasteiger charge is 2.21. The van der Waals surface area contributed by atoms with E-state index in [4.69, 9.17) is 5.73 Å². The highest BCUT2D eigenvalue weighted by atomic mass is 127. The van der Waals surface area contributed by atoms with Gasteiger partial charge in [0.25, 0.3) is 0 Å². The van der Waals surface area contributed by atoms with Crippen LogP contribution in [0.3, 0.4) is 0 Å². The van der Waals surface area contributed by atoms with Gasteiger partial charge in [0.15, 0.2) is 5.96 Å². The van der Waals surface area contributed by atoms with Crippen LogP contribution in [-0.4, -0.2) is 32.7 Å². The summed E-state index contributed by atoms with van der Waals surface area (Å²) in [4.78, 5) is 4.23. The molecule has 0 radical (unpaired) electrons. The summed E-state index contributed by atoms with van der Waals surface area (Å²) in [6.07, 6.45) is 4.58. The van der Waals surface area contributed by atoms with E-state index in [1.165, 1.54) is 17.5 Å². The first kappa shape index (κ1) is 20.2. The van der Waals surface area contributed by atoms with Crippen LogP contribution < -0.4 is 15.8 Å². The second-order valence-corrected chi connectivity index (χ2v) is 8.17. The Balaban J connectivity index is 0.00000264. The Bertz CT molecular complexity index is 687. The minimum atomic E-state index is -3.28. The standard InChI is InChI=1S/C15H24N4O2S.HI/c1-15(2,19-22(3,20)21)10-17-14(16)18-13-8-7-11-5-4-6-12(11)9-13;/h7-9,19H,4-6,10H2,1-3H3,(H3,16,17,18);1H. The number of aryl methyl sites for hydroxylation is 2. The number of benzene rings is 1. The maximum atomic E-state index is 11.3. The Kier molecular flexibility index (Phi) is 6.84. The summed E-state index contributed by atoms with van der Waals surface area (Å²) in [5, 5.41) is 3.06. The van der Waals surface area contributed by atoms with Gasteiger partial charge in [-0.3, -0.25) is 4.99 Å². The first-order valence-electron chi connectivity index (χ1n) is 7.32. The van der Waals surface area contributed by atoms with E-state index in [-0.39, 0.29) is 36.5 Å². The molecule has 8 heteroatoms. The van der Waals surface area contributed by atoms with Crippen LogP contribution in [0.25, 0.3) is 0 Å². The third kappa shape index (κ3) is 6.64. The third-order valence-electron chi connectivity index (χ3n) is 3.48. The highest BCUT2D eigenvalue weighted by molar-refractivity contribution is 14.0. The van der Waals surface area contributed by atoms with Gasteiger partial charge in [-0.2, -0.15) is 0 Å². The third-order valence-corrected chi connectivity index (χ3v) is 4.40. The molecule has 0 saturated carbocycles. The van der Waals surface area contributed by atoms with Crippen LogP contribution in [0.2, 0.25) is 0 Å². The molecule has 130 valence electrons. The van der Waals surface area contributed by atoms with E-state index in [1.807, 2.05) is 6.07 Å². The van der Waals surface area contributed by atoms with Crippen molar-refractivity contribution in [3.8, 4) is 0 Å². The fourth-order valence-corrected chi connectivity index (χ4v) is 3.72. The predicted octanol–water partition coefficient (Wildman–Crippen LogP) is 1.85. The molecule has 0 spiro atoms. The fourth-order valence-electron chi connectivity index (χ4n) is 2.65. The van der Waals surface area contributed by atoms with E-state index in [1.54, 1.807) is 13.8 Å². The molecule has 1 aliphatic rings. The molecule has 4 N–H and O–H groups in total. The zero-order valence-corrected chi connectivity index (χ0v) is 16.9. The number of nitrogens with two attached hydrogens (primary N) is 1. The molecule has 0 unspecified atom stereocenters. The molecule has 0 heterocycles. The monoisotopic (exact) mass is 452 g/mol. The number of fused-ring (bicyclic) bond motifs is 1. The first-order valence-corrected chi connectivity index (χ1v) is 9.21. The van der Waals surface area contributed by atoms with E-state index in [9.17, 15) is 8.42 Å². The van der Waals surface area contributed by atoms with E-state index in [0.717, 1.165) is 24.8 Å². The minimum absolute atomic E-state index is 0. The number of halogens is 1. The number of hydrogen-bond acceptors (Lipinski definition) is 3. The lowest BCUT2D eigenvalue weighted by atomic mass is 10.1. The topological polar surface area (TPSA) is 96.6 Å². The quantitative estimate of drug-likeness (QED) is 0.361. The van der Waals surface area contributed by atoms with Crippen LogP contribution in [0.5, 0.6) is 0 Å². The molecule has 1 aromatic carbocycles. The average molecular weight is 452 g/mol. The van der Waals surface area contributed by atoms with E-state index >= 15 is 0 Å². The maximum Gasteiger partial charge on any atom is 0.209 e. The lowest BCUT2D eigenvalue weighted by Crippen LogP contribution is -2.45. The summed E-state index contributed by atoms with van der Waals surface area (Å²) in [5.74, 6) is 0.279. The van der Waals surface area contributed by atoms with Gasteiger partial charge in [0.2, 0.25) is 10.0 Å². The van der Waals surface area contributed by atoms with Gasteiger partial charge < -0.3 is 11.1 Å². The van der Waals surface area contributed by atoms with Crippen molar-refractivity contribution in [2.75, 3.05) is 18.1 Å². The van der Waals surface area contributed by atoms with Crippen molar-refractivity contribution in [3.63, 3.8) is 0 Å². The molecule has 1 aliphatic carbocycles. The molecular weight excluding hydrogens is 427 g/mol. The summed E-state index contributed by atoms with van der Waals surface area (Å²) in [7, 11) is -3.28. The van der Waals surface area contributed by atoms with Gasteiger partial charge in [0.05, 0.1) is 12.8 Å². The largest absolute Gasteiger partial charge is 0.370 e. The average Bonchev–Trinajstić information content (AvgIpc) is 2.81. The molecule has 0 saturated heterocycles. The van der Waals surface area contributed by atoms with Crippen LogP contribution in [0.1, 0.15) is 31.4 Å². The van der Waals surface area contributed by atoms with E-state index < -0.39 is 15.6 Å². The van der Waals surface area contributed by atoms with Crippen LogP contribution >= 0.6 is 24.0 Å². The molecule has 23 heavy (non-hydrogen) atoms.